The molecular weight excluding hydrogens is 298 g/mol. The first-order chi connectivity index (χ1) is 8.61. The molecule has 0 heterocycles. The standard InChI is InChI=1S/C13H16BrNO3/c1-2-18-13(17)8-7-12(16)15-9-10-3-5-11(14)6-4-10/h3-6H,2,7-9H2,1H3,(H,15,16). The van der Waals surface area contributed by atoms with Gasteiger partial charge in [0.2, 0.25) is 5.91 Å². The Morgan fingerprint density at radius 2 is 1.89 bits per heavy atom. The summed E-state index contributed by atoms with van der Waals surface area (Å²) in [5.74, 6) is -0.484. The van der Waals surface area contributed by atoms with Crippen molar-refractivity contribution in [3.8, 4) is 0 Å². The van der Waals surface area contributed by atoms with E-state index < -0.39 is 0 Å². The van der Waals surface area contributed by atoms with Gasteiger partial charge in [-0.15, -0.1) is 0 Å². The number of esters is 1. The van der Waals surface area contributed by atoms with Crippen molar-refractivity contribution in [1.82, 2.24) is 5.32 Å². The molecule has 0 aliphatic rings. The number of hydrogen-bond acceptors (Lipinski definition) is 3. The van der Waals surface area contributed by atoms with Crippen LogP contribution >= 0.6 is 15.9 Å². The van der Waals surface area contributed by atoms with E-state index in [0.717, 1.165) is 10.0 Å². The second-order valence-corrected chi connectivity index (χ2v) is 4.62. The molecule has 1 aromatic carbocycles. The second-order valence-electron chi connectivity index (χ2n) is 3.71. The van der Waals surface area contributed by atoms with Gasteiger partial charge in [0.25, 0.3) is 0 Å². The Balaban J connectivity index is 2.24. The molecule has 4 nitrogen and oxygen atoms in total. The zero-order chi connectivity index (χ0) is 13.4. The number of halogens is 1. The maximum atomic E-state index is 11.5. The van der Waals surface area contributed by atoms with Crippen LogP contribution in [0.15, 0.2) is 28.7 Å². The highest BCUT2D eigenvalue weighted by molar-refractivity contribution is 9.10. The number of carbonyl (C=O) groups excluding carboxylic acids is 2. The van der Waals surface area contributed by atoms with E-state index in [2.05, 4.69) is 21.2 Å². The predicted octanol–water partition coefficient (Wildman–Crippen LogP) is 2.41. The van der Waals surface area contributed by atoms with Crippen molar-refractivity contribution < 1.29 is 14.3 Å². The summed E-state index contributed by atoms with van der Waals surface area (Å²) in [5.41, 5.74) is 1.02. The van der Waals surface area contributed by atoms with Crippen LogP contribution in [0.4, 0.5) is 0 Å². The minimum Gasteiger partial charge on any atom is -0.466 e. The van der Waals surface area contributed by atoms with Crippen LogP contribution < -0.4 is 5.32 Å². The van der Waals surface area contributed by atoms with Gasteiger partial charge in [-0.2, -0.15) is 0 Å². The highest BCUT2D eigenvalue weighted by Gasteiger charge is 2.06. The minimum atomic E-state index is -0.337. The number of rotatable bonds is 6. The number of amides is 1. The van der Waals surface area contributed by atoms with Gasteiger partial charge in [0.05, 0.1) is 13.0 Å². The molecule has 0 atom stereocenters. The molecule has 1 amide bonds. The predicted molar refractivity (Wildman–Crippen MR) is 71.9 cm³/mol. The fourth-order valence-corrected chi connectivity index (χ4v) is 1.60. The van der Waals surface area contributed by atoms with Gasteiger partial charge in [-0.05, 0) is 24.6 Å². The molecule has 0 aliphatic carbocycles. The molecule has 98 valence electrons. The van der Waals surface area contributed by atoms with Gasteiger partial charge in [0, 0.05) is 17.4 Å². The Morgan fingerprint density at radius 1 is 1.22 bits per heavy atom. The lowest BCUT2D eigenvalue weighted by Crippen LogP contribution is -2.23. The molecule has 1 aromatic rings. The fourth-order valence-electron chi connectivity index (χ4n) is 1.34. The topological polar surface area (TPSA) is 55.4 Å². The quantitative estimate of drug-likeness (QED) is 0.821. The maximum Gasteiger partial charge on any atom is 0.306 e. The Kier molecular flexibility index (Phi) is 6.43. The molecule has 0 bridgehead atoms. The van der Waals surface area contributed by atoms with Gasteiger partial charge < -0.3 is 10.1 Å². The normalized spacial score (nSPS) is 9.89. The molecule has 0 aliphatic heterocycles. The third-order valence-electron chi connectivity index (χ3n) is 2.26. The van der Waals surface area contributed by atoms with Gasteiger partial charge in [-0.3, -0.25) is 9.59 Å². The van der Waals surface area contributed by atoms with Crippen LogP contribution in [0.25, 0.3) is 0 Å². The van der Waals surface area contributed by atoms with Gasteiger partial charge in [-0.1, -0.05) is 28.1 Å². The van der Waals surface area contributed by atoms with Gasteiger partial charge in [-0.25, -0.2) is 0 Å². The van der Waals surface area contributed by atoms with Crippen molar-refractivity contribution in [3.05, 3.63) is 34.3 Å². The summed E-state index contributed by atoms with van der Waals surface area (Å²) in [5, 5.41) is 2.75. The SMILES string of the molecule is CCOC(=O)CCC(=O)NCc1ccc(Br)cc1. The largest absolute Gasteiger partial charge is 0.466 e. The monoisotopic (exact) mass is 313 g/mol. The van der Waals surface area contributed by atoms with Crippen LogP contribution in [0.5, 0.6) is 0 Å². The smallest absolute Gasteiger partial charge is 0.306 e. The number of ether oxygens (including phenoxy) is 1. The average molecular weight is 314 g/mol. The highest BCUT2D eigenvalue weighted by Crippen LogP contribution is 2.10. The zero-order valence-corrected chi connectivity index (χ0v) is 11.8. The van der Waals surface area contributed by atoms with Crippen LogP contribution in [-0.2, 0) is 20.9 Å². The molecule has 1 N–H and O–H groups in total. The first kappa shape index (κ1) is 14.7. The molecule has 0 radical (unpaired) electrons. The van der Waals surface area contributed by atoms with Gasteiger partial charge in [0.1, 0.15) is 0 Å². The Bertz CT molecular complexity index is 403. The van der Waals surface area contributed by atoms with Crippen LogP contribution in [-0.4, -0.2) is 18.5 Å². The van der Waals surface area contributed by atoms with Gasteiger partial charge in [0.15, 0.2) is 0 Å². The Labute approximate surface area is 115 Å². The lowest BCUT2D eigenvalue weighted by molar-refractivity contribution is -0.144. The number of benzene rings is 1. The summed E-state index contributed by atoms with van der Waals surface area (Å²) in [6.45, 7) is 2.56. The zero-order valence-electron chi connectivity index (χ0n) is 10.2. The first-order valence-electron chi connectivity index (χ1n) is 5.78. The highest BCUT2D eigenvalue weighted by atomic mass is 79.9. The summed E-state index contributed by atoms with van der Waals surface area (Å²) < 4.78 is 5.74. The molecule has 0 aromatic heterocycles. The molecule has 18 heavy (non-hydrogen) atoms. The van der Waals surface area contributed by atoms with Crippen molar-refractivity contribution in [2.45, 2.75) is 26.3 Å². The maximum absolute atomic E-state index is 11.5. The molecule has 0 saturated carbocycles. The third-order valence-corrected chi connectivity index (χ3v) is 2.79. The summed E-state index contributed by atoms with van der Waals surface area (Å²) in [6.07, 6.45) is 0.287. The third kappa shape index (κ3) is 5.82. The number of nitrogens with one attached hydrogen (secondary N) is 1. The van der Waals surface area contributed by atoms with Gasteiger partial charge >= 0.3 is 5.97 Å². The fraction of sp³-hybridized carbons (Fsp3) is 0.385. The summed E-state index contributed by atoms with van der Waals surface area (Å²) in [6, 6.07) is 7.69. The lowest BCUT2D eigenvalue weighted by atomic mass is 10.2. The Hall–Kier alpha value is -1.36. The molecule has 5 heteroatoms. The first-order valence-corrected chi connectivity index (χ1v) is 6.58. The van der Waals surface area contributed by atoms with Crippen LogP contribution in [0.2, 0.25) is 0 Å². The van der Waals surface area contributed by atoms with E-state index in [1.165, 1.54) is 0 Å². The molecule has 0 saturated heterocycles. The van der Waals surface area contributed by atoms with E-state index in [4.69, 9.17) is 4.74 Å². The Morgan fingerprint density at radius 3 is 2.50 bits per heavy atom. The van der Waals surface area contributed by atoms with E-state index in [0.29, 0.717) is 13.2 Å². The number of carbonyl (C=O) groups is 2. The molecular formula is C13H16BrNO3. The van der Waals surface area contributed by atoms with Crippen molar-refractivity contribution in [1.29, 1.82) is 0 Å². The van der Waals surface area contributed by atoms with Crippen molar-refractivity contribution in [2.75, 3.05) is 6.61 Å². The summed E-state index contributed by atoms with van der Waals surface area (Å²) in [4.78, 5) is 22.5. The number of hydrogen-bond donors (Lipinski definition) is 1. The van der Waals surface area contributed by atoms with Crippen LogP contribution in [0.1, 0.15) is 25.3 Å². The summed E-state index contributed by atoms with van der Waals surface area (Å²) in [7, 11) is 0. The average Bonchev–Trinajstić information content (AvgIpc) is 2.36. The van der Waals surface area contributed by atoms with Crippen LogP contribution in [0, 0.1) is 0 Å². The second kappa shape index (κ2) is 7.87. The van der Waals surface area contributed by atoms with Crippen LogP contribution in [0.3, 0.4) is 0 Å². The van der Waals surface area contributed by atoms with Crippen molar-refractivity contribution in [2.24, 2.45) is 0 Å². The molecule has 0 spiro atoms. The molecule has 0 fully saturated rings. The van der Waals surface area contributed by atoms with E-state index in [1.54, 1.807) is 6.92 Å². The van der Waals surface area contributed by atoms with E-state index in [-0.39, 0.29) is 24.7 Å². The summed E-state index contributed by atoms with van der Waals surface area (Å²) >= 11 is 3.34. The molecule has 1 rings (SSSR count). The van der Waals surface area contributed by atoms with E-state index in [1.807, 2.05) is 24.3 Å². The lowest BCUT2D eigenvalue weighted by Gasteiger charge is -2.05. The minimum absolute atomic E-state index is 0.125. The van der Waals surface area contributed by atoms with Crippen molar-refractivity contribution >= 4 is 27.8 Å². The van der Waals surface area contributed by atoms with E-state index >= 15 is 0 Å². The van der Waals surface area contributed by atoms with Crippen molar-refractivity contribution in [3.63, 3.8) is 0 Å². The molecule has 0 unspecified atom stereocenters. The van der Waals surface area contributed by atoms with E-state index in [9.17, 15) is 9.59 Å².